The van der Waals surface area contributed by atoms with Crippen molar-refractivity contribution in [3.63, 3.8) is 0 Å². The second-order valence-electron chi connectivity index (χ2n) is 6.66. The Morgan fingerprint density at radius 1 is 1.31 bits per heavy atom. The number of aryl methyl sites for hydroxylation is 1. The molecule has 2 rings (SSSR count). The van der Waals surface area contributed by atoms with Crippen LogP contribution < -0.4 is 9.64 Å². The summed E-state index contributed by atoms with van der Waals surface area (Å²) in [5, 5.41) is 0. The summed E-state index contributed by atoms with van der Waals surface area (Å²) in [4.78, 5) is 27.6. The Hall–Kier alpha value is -2.09. The predicted octanol–water partition coefficient (Wildman–Crippen LogP) is 1.39. The fourth-order valence-corrected chi connectivity index (χ4v) is 4.90. The summed E-state index contributed by atoms with van der Waals surface area (Å²) >= 11 is 0. The van der Waals surface area contributed by atoms with E-state index in [2.05, 4.69) is 0 Å². The lowest BCUT2D eigenvalue weighted by atomic mass is 10.1. The SMILES string of the molecule is COc1ccc(C)cc1N(CCC(=O)N(C)C1CCS(=O)(=O)C1)C(C)=O. The van der Waals surface area contributed by atoms with E-state index in [1.807, 2.05) is 19.1 Å². The molecule has 1 unspecified atom stereocenters. The van der Waals surface area contributed by atoms with E-state index in [9.17, 15) is 18.0 Å². The van der Waals surface area contributed by atoms with Gasteiger partial charge in [-0.15, -0.1) is 0 Å². The highest BCUT2D eigenvalue weighted by molar-refractivity contribution is 7.91. The molecule has 0 N–H and O–H groups in total. The van der Waals surface area contributed by atoms with Crippen molar-refractivity contribution in [2.24, 2.45) is 0 Å². The largest absolute Gasteiger partial charge is 0.495 e. The number of ether oxygens (including phenoxy) is 1. The third-order valence-corrected chi connectivity index (χ3v) is 6.45. The van der Waals surface area contributed by atoms with Gasteiger partial charge in [0.25, 0.3) is 0 Å². The Kier molecular flexibility index (Phi) is 6.28. The predicted molar refractivity (Wildman–Crippen MR) is 100 cm³/mol. The molecule has 8 heteroatoms. The first kappa shape index (κ1) is 20.2. The van der Waals surface area contributed by atoms with Crippen LogP contribution in [0, 0.1) is 6.92 Å². The van der Waals surface area contributed by atoms with Crippen molar-refractivity contribution < 1.29 is 22.7 Å². The maximum absolute atomic E-state index is 12.5. The third kappa shape index (κ3) is 4.75. The Morgan fingerprint density at radius 2 is 2.00 bits per heavy atom. The zero-order chi connectivity index (χ0) is 19.5. The summed E-state index contributed by atoms with van der Waals surface area (Å²) in [6.45, 7) is 3.57. The highest BCUT2D eigenvalue weighted by Crippen LogP contribution is 2.29. The molecule has 0 spiro atoms. The highest BCUT2D eigenvalue weighted by Gasteiger charge is 2.32. The van der Waals surface area contributed by atoms with E-state index in [1.165, 1.54) is 23.8 Å². The summed E-state index contributed by atoms with van der Waals surface area (Å²) in [5.41, 5.74) is 1.60. The topological polar surface area (TPSA) is 84.0 Å². The number of methoxy groups -OCH3 is 1. The average Bonchev–Trinajstić information content (AvgIpc) is 2.94. The minimum atomic E-state index is -3.05. The van der Waals surface area contributed by atoms with Crippen molar-refractivity contribution in [1.29, 1.82) is 0 Å². The van der Waals surface area contributed by atoms with E-state index in [0.29, 0.717) is 17.9 Å². The minimum Gasteiger partial charge on any atom is -0.495 e. The van der Waals surface area contributed by atoms with Gasteiger partial charge in [0.05, 0.1) is 24.3 Å². The number of anilines is 1. The number of rotatable bonds is 6. The lowest BCUT2D eigenvalue weighted by molar-refractivity contribution is -0.131. The van der Waals surface area contributed by atoms with E-state index in [4.69, 9.17) is 4.74 Å². The zero-order valence-corrected chi connectivity index (χ0v) is 16.5. The number of amides is 2. The number of carbonyl (C=O) groups is 2. The van der Waals surface area contributed by atoms with E-state index in [0.717, 1.165) is 5.56 Å². The van der Waals surface area contributed by atoms with Crippen molar-refractivity contribution in [1.82, 2.24) is 4.90 Å². The van der Waals surface area contributed by atoms with Gasteiger partial charge >= 0.3 is 0 Å². The van der Waals surface area contributed by atoms with Gasteiger partial charge in [-0.05, 0) is 31.0 Å². The maximum Gasteiger partial charge on any atom is 0.224 e. The fraction of sp³-hybridized carbons (Fsp3) is 0.556. The lowest BCUT2D eigenvalue weighted by Gasteiger charge is -2.27. The third-order valence-electron chi connectivity index (χ3n) is 4.70. The minimum absolute atomic E-state index is 0.0113. The molecule has 144 valence electrons. The quantitative estimate of drug-likeness (QED) is 0.742. The molecule has 0 saturated carbocycles. The van der Waals surface area contributed by atoms with Crippen molar-refractivity contribution in [3.05, 3.63) is 23.8 Å². The highest BCUT2D eigenvalue weighted by atomic mass is 32.2. The zero-order valence-electron chi connectivity index (χ0n) is 15.7. The lowest BCUT2D eigenvalue weighted by Crippen LogP contribution is -2.40. The van der Waals surface area contributed by atoms with Crippen molar-refractivity contribution >= 4 is 27.3 Å². The maximum atomic E-state index is 12.5. The van der Waals surface area contributed by atoms with Crippen molar-refractivity contribution in [2.45, 2.75) is 32.7 Å². The number of benzene rings is 1. The van der Waals surface area contributed by atoms with Gasteiger partial charge in [-0.1, -0.05) is 6.07 Å². The Labute approximate surface area is 154 Å². The number of hydrogen-bond donors (Lipinski definition) is 0. The number of carbonyl (C=O) groups excluding carboxylic acids is 2. The van der Waals surface area contributed by atoms with Gasteiger partial charge in [-0.3, -0.25) is 9.59 Å². The molecule has 1 aliphatic rings. The van der Waals surface area contributed by atoms with Crippen LogP contribution in [0.2, 0.25) is 0 Å². The normalized spacial score (nSPS) is 18.4. The second kappa shape index (κ2) is 8.07. The van der Waals surface area contributed by atoms with Gasteiger partial charge in [0.2, 0.25) is 11.8 Å². The Morgan fingerprint density at radius 3 is 2.54 bits per heavy atom. The molecule has 26 heavy (non-hydrogen) atoms. The molecule has 1 atom stereocenters. The van der Waals surface area contributed by atoms with Gasteiger partial charge in [-0.2, -0.15) is 0 Å². The number of hydrogen-bond acceptors (Lipinski definition) is 5. The van der Waals surface area contributed by atoms with Crippen LogP contribution in [0.3, 0.4) is 0 Å². The molecule has 1 aromatic rings. The molecule has 2 amide bonds. The first-order chi connectivity index (χ1) is 12.1. The van der Waals surface area contributed by atoms with E-state index < -0.39 is 9.84 Å². The van der Waals surface area contributed by atoms with Gasteiger partial charge < -0.3 is 14.5 Å². The van der Waals surface area contributed by atoms with Crippen LogP contribution in [0.5, 0.6) is 5.75 Å². The smallest absolute Gasteiger partial charge is 0.224 e. The summed E-state index contributed by atoms with van der Waals surface area (Å²) in [7, 11) is 0.107. The first-order valence-electron chi connectivity index (χ1n) is 8.53. The van der Waals surface area contributed by atoms with Crippen LogP contribution in [0.1, 0.15) is 25.3 Å². The van der Waals surface area contributed by atoms with Gasteiger partial charge in [-0.25, -0.2) is 8.42 Å². The van der Waals surface area contributed by atoms with Crippen LogP contribution >= 0.6 is 0 Å². The van der Waals surface area contributed by atoms with E-state index in [1.54, 1.807) is 13.1 Å². The van der Waals surface area contributed by atoms with Gasteiger partial charge in [0, 0.05) is 33.0 Å². The monoisotopic (exact) mass is 382 g/mol. The molecule has 0 radical (unpaired) electrons. The molecule has 1 heterocycles. The Balaban J connectivity index is 2.08. The fourth-order valence-electron chi connectivity index (χ4n) is 3.13. The summed E-state index contributed by atoms with van der Waals surface area (Å²) in [5.74, 6) is 0.332. The average molecular weight is 382 g/mol. The number of sulfone groups is 1. The van der Waals surface area contributed by atoms with Crippen LogP contribution in [-0.2, 0) is 19.4 Å². The molecule has 0 bridgehead atoms. The van der Waals surface area contributed by atoms with Crippen LogP contribution in [0.15, 0.2) is 18.2 Å². The van der Waals surface area contributed by atoms with Crippen LogP contribution in [-0.4, -0.2) is 63.4 Å². The summed E-state index contributed by atoms with van der Waals surface area (Å²) in [6, 6.07) is 5.24. The molecule has 0 aliphatic carbocycles. The van der Waals surface area contributed by atoms with E-state index >= 15 is 0 Å². The second-order valence-corrected chi connectivity index (χ2v) is 8.89. The van der Waals surface area contributed by atoms with Crippen LogP contribution in [0.4, 0.5) is 5.69 Å². The molecular weight excluding hydrogens is 356 g/mol. The molecular formula is C18H26N2O5S. The Bertz CT molecular complexity index is 791. The summed E-state index contributed by atoms with van der Waals surface area (Å²) in [6.07, 6.45) is 0.580. The molecule has 1 aromatic carbocycles. The molecule has 1 saturated heterocycles. The number of nitrogens with zero attached hydrogens (tertiary/aromatic N) is 2. The molecule has 1 aliphatic heterocycles. The molecule has 1 fully saturated rings. The first-order valence-corrected chi connectivity index (χ1v) is 10.4. The van der Waals surface area contributed by atoms with Crippen molar-refractivity contribution in [3.8, 4) is 5.75 Å². The molecule has 0 aromatic heterocycles. The van der Waals surface area contributed by atoms with Crippen LogP contribution in [0.25, 0.3) is 0 Å². The standard InChI is InChI=1S/C18H26N2O5S/c1-13-5-6-17(25-4)16(11-13)20(14(2)21)9-7-18(22)19(3)15-8-10-26(23,24)12-15/h5-6,11,15H,7-10,12H2,1-4H3. The van der Waals surface area contributed by atoms with Gasteiger partial charge in [0.15, 0.2) is 9.84 Å². The van der Waals surface area contributed by atoms with Crippen molar-refractivity contribution in [2.75, 3.05) is 37.1 Å². The van der Waals surface area contributed by atoms with E-state index in [-0.39, 0.29) is 42.3 Å². The summed E-state index contributed by atoms with van der Waals surface area (Å²) < 4.78 is 28.5. The van der Waals surface area contributed by atoms with Gasteiger partial charge in [0.1, 0.15) is 5.75 Å². The molecule has 7 nitrogen and oxygen atoms in total.